The first-order valence-electron chi connectivity index (χ1n) is 5.74. The molecule has 0 radical (unpaired) electrons. The van der Waals surface area contributed by atoms with Crippen LogP contribution in [-0.4, -0.2) is 18.0 Å². The minimum Gasteiger partial charge on any atom is -0.495 e. The second-order valence-electron chi connectivity index (χ2n) is 4.13. The van der Waals surface area contributed by atoms with Crippen LogP contribution in [0, 0.1) is 0 Å². The minimum atomic E-state index is -0.167. The molecule has 2 N–H and O–H groups in total. The molecule has 2 aromatic rings. The number of rotatable bonds is 2. The molecule has 0 atom stereocenters. The van der Waals surface area contributed by atoms with Gasteiger partial charge in [0.25, 0.3) is 5.91 Å². The van der Waals surface area contributed by atoms with E-state index in [1.807, 2.05) is 6.07 Å². The number of carbonyl (C=O) groups is 1. The van der Waals surface area contributed by atoms with Crippen molar-refractivity contribution in [1.29, 1.82) is 0 Å². The Morgan fingerprint density at radius 2 is 2.16 bits per heavy atom. The van der Waals surface area contributed by atoms with Gasteiger partial charge in [-0.15, -0.1) is 0 Å². The first-order valence-corrected chi connectivity index (χ1v) is 6.12. The molecule has 0 bridgehead atoms. The molecule has 1 aromatic carbocycles. The maximum absolute atomic E-state index is 12.0. The van der Waals surface area contributed by atoms with Crippen LogP contribution in [0.1, 0.15) is 11.3 Å². The van der Waals surface area contributed by atoms with Crippen LogP contribution >= 0.6 is 11.6 Å². The van der Waals surface area contributed by atoms with Crippen LogP contribution in [0.25, 0.3) is 11.6 Å². The number of aromatic amines is 1. The Hall–Kier alpha value is -2.20. The van der Waals surface area contributed by atoms with Gasteiger partial charge in [0.05, 0.1) is 29.1 Å². The van der Waals surface area contributed by atoms with Gasteiger partial charge in [0, 0.05) is 11.8 Å². The normalized spacial score (nSPS) is 15.5. The maximum atomic E-state index is 12.0. The van der Waals surface area contributed by atoms with E-state index in [-0.39, 0.29) is 5.91 Å². The average Bonchev–Trinajstić information content (AvgIpc) is 2.96. The molecule has 1 amide bonds. The molecule has 0 fully saturated rings. The van der Waals surface area contributed by atoms with Crippen LogP contribution < -0.4 is 10.1 Å². The topological polar surface area (TPSA) is 54.1 Å². The van der Waals surface area contributed by atoms with Gasteiger partial charge in [0.2, 0.25) is 0 Å². The van der Waals surface area contributed by atoms with Crippen LogP contribution in [0.5, 0.6) is 5.75 Å². The largest absolute Gasteiger partial charge is 0.495 e. The number of aromatic nitrogens is 1. The number of anilines is 1. The Balaban J connectivity index is 2.15. The Kier molecular flexibility index (Phi) is 2.80. The molecular weight excluding hydrogens is 264 g/mol. The lowest BCUT2D eigenvalue weighted by atomic mass is 10.1. The van der Waals surface area contributed by atoms with Gasteiger partial charge < -0.3 is 15.0 Å². The predicted octanol–water partition coefficient (Wildman–Crippen LogP) is 3.17. The van der Waals surface area contributed by atoms with Crippen LogP contribution in [0.15, 0.2) is 30.5 Å². The summed E-state index contributed by atoms with van der Waals surface area (Å²) in [4.78, 5) is 15.0. The number of halogens is 1. The molecule has 19 heavy (non-hydrogen) atoms. The fourth-order valence-corrected chi connectivity index (χ4v) is 2.42. The second-order valence-corrected chi connectivity index (χ2v) is 4.54. The van der Waals surface area contributed by atoms with Crippen molar-refractivity contribution in [2.24, 2.45) is 0 Å². The smallest absolute Gasteiger partial charge is 0.256 e. The van der Waals surface area contributed by atoms with Gasteiger partial charge in [0.15, 0.2) is 0 Å². The quantitative estimate of drug-likeness (QED) is 0.827. The van der Waals surface area contributed by atoms with Crippen LogP contribution in [0.2, 0.25) is 5.02 Å². The summed E-state index contributed by atoms with van der Waals surface area (Å²) < 4.78 is 5.21. The fourth-order valence-electron chi connectivity index (χ4n) is 2.15. The Bertz CT molecular complexity index is 689. The molecule has 0 saturated carbocycles. The van der Waals surface area contributed by atoms with E-state index in [1.54, 1.807) is 37.6 Å². The lowest BCUT2D eigenvalue weighted by molar-refractivity contribution is -0.110. The molecule has 0 aliphatic carbocycles. The molecule has 3 rings (SSSR count). The number of ether oxygens (including phenoxy) is 1. The zero-order valence-electron chi connectivity index (χ0n) is 10.2. The number of hydrogen-bond donors (Lipinski definition) is 2. The highest BCUT2D eigenvalue weighted by atomic mass is 35.5. The van der Waals surface area contributed by atoms with Crippen molar-refractivity contribution in [3.63, 3.8) is 0 Å². The second kappa shape index (κ2) is 4.48. The van der Waals surface area contributed by atoms with Gasteiger partial charge in [-0.1, -0.05) is 17.7 Å². The zero-order valence-corrected chi connectivity index (χ0v) is 10.9. The van der Waals surface area contributed by atoms with E-state index in [2.05, 4.69) is 10.3 Å². The van der Waals surface area contributed by atoms with Gasteiger partial charge in [-0.05, 0) is 24.3 Å². The molecule has 5 heteroatoms. The Morgan fingerprint density at radius 1 is 1.32 bits per heavy atom. The lowest BCUT2D eigenvalue weighted by Crippen LogP contribution is -2.03. The maximum Gasteiger partial charge on any atom is 0.256 e. The van der Waals surface area contributed by atoms with Gasteiger partial charge in [-0.3, -0.25) is 4.79 Å². The number of methoxy groups -OCH3 is 1. The van der Waals surface area contributed by atoms with E-state index in [0.717, 1.165) is 16.9 Å². The van der Waals surface area contributed by atoms with E-state index in [9.17, 15) is 4.79 Å². The molecule has 1 aromatic heterocycles. The summed E-state index contributed by atoms with van der Waals surface area (Å²) in [6.45, 7) is 0. The average molecular weight is 275 g/mol. The molecule has 1 aliphatic heterocycles. The van der Waals surface area contributed by atoms with Crippen LogP contribution in [0.4, 0.5) is 5.69 Å². The summed E-state index contributed by atoms with van der Waals surface area (Å²) in [5, 5.41) is 3.34. The van der Waals surface area contributed by atoms with E-state index in [1.165, 1.54) is 0 Å². The van der Waals surface area contributed by atoms with Crippen LogP contribution in [0.3, 0.4) is 0 Å². The van der Waals surface area contributed by atoms with Crippen molar-refractivity contribution in [1.82, 2.24) is 4.98 Å². The molecular formula is C14H11ClN2O2. The number of nitrogens with one attached hydrogen (secondary N) is 2. The van der Waals surface area contributed by atoms with Crippen LogP contribution in [-0.2, 0) is 4.79 Å². The van der Waals surface area contributed by atoms with Gasteiger partial charge in [-0.25, -0.2) is 0 Å². The van der Waals surface area contributed by atoms with Gasteiger partial charge in [-0.2, -0.15) is 0 Å². The highest BCUT2D eigenvalue weighted by Gasteiger charge is 2.26. The van der Waals surface area contributed by atoms with Crippen molar-refractivity contribution in [3.05, 3.63) is 46.7 Å². The SMILES string of the molecule is COc1cc[nH]c1/C=C1\C(=O)Nc2cccc(Cl)c21. The first kappa shape index (κ1) is 11.9. The summed E-state index contributed by atoms with van der Waals surface area (Å²) in [6.07, 6.45) is 3.50. The van der Waals surface area contributed by atoms with E-state index in [4.69, 9.17) is 16.3 Å². The third kappa shape index (κ3) is 1.90. The number of amides is 1. The Labute approximate surface area is 115 Å². The molecule has 0 spiro atoms. The number of H-pyrrole nitrogens is 1. The summed E-state index contributed by atoms with van der Waals surface area (Å²) in [7, 11) is 1.58. The predicted molar refractivity (Wildman–Crippen MR) is 75.3 cm³/mol. The Morgan fingerprint density at radius 3 is 2.95 bits per heavy atom. The molecule has 4 nitrogen and oxygen atoms in total. The van der Waals surface area contributed by atoms with Crippen molar-refractivity contribution < 1.29 is 9.53 Å². The van der Waals surface area contributed by atoms with Gasteiger partial charge >= 0.3 is 0 Å². The number of benzene rings is 1. The van der Waals surface area contributed by atoms with Crippen molar-refractivity contribution in [2.75, 3.05) is 12.4 Å². The molecule has 2 heterocycles. The fraction of sp³-hybridized carbons (Fsp3) is 0.0714. The molecule has 0 saturated heterocycles. The lowest BCUT2D eigenvalue weighted by Gasteiger charge is -2.02. The zero-order chi connectivity index (χ0) is 13.4. The van der Waals surface area contributed by atoms with Crippen molar-refractivity contribution in [2.45, 2.75) is 0 Å². The summed E-state index contributed by atoms with van der Waals surface area (Å²) in [5.74, 6) is 0.514. The van der Waals surface area contributed by atoms with Gasteiger partial charge in [0.1, 0.15) is 5.75 Å². The third-order valence-corrected chi connectivity index (χ3v) is 3.34. The number of carbonyl (C=O) groups excluding carboxylic acids is 1. The molecule has 0 unspecified atom stereocenters. The minimum absolute atomic E-state index is 0.167. The van der Waals surface area contributed by atoms with E-state index in [0.29, 0.717) is 16.3 Å². The summed E-state index contributed by atoms with van der Waals surface area (Å²) >= 11 is 6.17. The van der Waals surface area contributed by atoms with E-state index >= 15 is 0 Å². The van der Waals surface area contributed by atoms with E-state index < -0.39 is 0 Å². The number of fused-ring (bicyclic) bond motifs is 1. The summed E-state index contributed by atoms with van der Waals surface area (Å²) in [6, 6.07) is 7.19. The monoisotopic (exact) mass is 274 g/mol. The molecule has 96 valence electrons. The first-order chi connectivity index (χ1) is 9.20. The standard InChI is InChI=1S/C14H11ClN2O2/c1-19-12-5-6-16-11(12)7-8-13-9(15)3-2-4-10(13)17-14(8)18/h2-7,16H,1H3,(H,17,18)/b8-7-. The highest BCUT2D eigenvalue weighted by molar-refractivity contribution is 6.41. The highest BCUT2D eigenvalue weighted by Crippen LogP contribution is 2.38. The molecule has 1 aliphatic rings. The third-order valence-electron chi connectivity index (χ3n) is 3.02. The summed E-state index contributed by atoms with van der Waals surface area (Å²) in [5.41, 5.74) is 2.72. The van der Waals surface area contributed by atoms with Crippen molar-refractivity contribution >= 4 is 34.8 Å². The van der Waals surface area contributed by atoms with Crippen molar-refractivity contribution in [3.8, 4) is 5.75 Å². The number of hydrogen-bond acceptors (Lipinski definition) is 2.